The summed E-state index contributed by atoms with van der Waals surface area (Å²) in [7, 11) is -2.91. The number of ketones is 1. The highest BCUT2D eigenvalue weighted by Gasteiger charge is 2.69. The molecule has 1 saturated heterocycles. The number of carbonyl (C=O) groups is 2. The topological polar surface area (TPSA) is 104 Å². The van der Waals surface area contributed by atoms with Crippen LogP contribution in [0.2, 0.25) is 0 Å². The number of fused-ring (bicyclic) bond motifs is 7. The van der Waals surface area contributed by atoms with E-state index < -0.39 is 15.8 Å². The third-order valence-corrected chi connectivity index (χ3v) is 17.4. The molecule has 1 aromatic carbocycles. The number of carboxylic acids is 1. The molecule has 6 aliphatic rings. The molecule has 3 saturated carbocycles. The van der Waals surface area contributed by atoms with Crippen molar-refractivity contribution in [3.8, 4) is 0 Å². The number of nitrogens with zero attached hydrogens (tertiary/aromatic N) is 1. The van der Waals surface area contributed by atoms with Crippen molar-refractivity contribution in [3.63, 3.8) is 0 Å². The molecular weight excluding hydrogens is 680 g/mol. The van der Waals surface area contributed by atoms with Gasteiger partial charge in [-0.25, -0.2) is 13.2 Å². The lowest BCUT2D eigenvalue weighted by Gasteiger charge is -2.71. The van der Waals surface area contributed by atoms with Crippen LogP contribution in [0.1, 0.15) is 116 Å². The predicted molar refractivity (Wildman–Crippen MR) is 207 cm³/mol. The molecule has 7 atom stereocenters. The minimum atomic E-state index is -2.91. The van der Waals surface area contributed by atoms with Crippen LogP contribution in [0.5, 0.6) is 0 Å². The van der Waals surface area contributed by atoms with Gasteiger partial charge in [-0.05, 0) is 125 Å². The number of allylic oxidation sites excluding steroid dienone is 3. The van der Waals surface area contributed by atoms with E-state index in [4.69, 9.17) is 0 Å². The van der Waals surface area contributed by atoms with Gasteiger partial charge in [-0.2, -0.15) is 0 Å². The number of rotatable bonds is 7. The fourth-order valence-corrected chi connectivity index (χ4v) is 14.4. The molecule has 1 aromatic rings. The Labute approximate surface area is 312 Å². The maximum absolute atomic E-state index is 14.0. The molecule has 3 unspecified atom stereocenters. The van der Waals surface area contributed by atoms with Crippen molar-refractivity contribution in [3.05, 3.63) is 52.6 Å². The smallest absolute Gasteiger partial charge is 0.335 e. The zero-order valence-electron chi connectivity index (χ0n) is 31.9. The number of carbonyl (C=O) groups excluding carboxylic acids is 1. The normalized spacial score (nSPS) is 38.5. The maximum atomic E-state index is 14.0. The SMILES string of the molecule is CC(C)C1=C2C3CCC4[C@@]5(C)CC=C(c6ccc(C(=O)O)cc6)C(C)(C)C5CC[C@@]4(C)[C@]3(C)CC[C@@]2(NCCN2CCS(=O)(=O)CC2)CC1=O.Cl. The van der Waals surface area contributed by atoms with Gasteiger partial charge < -0.3 is 15.3 Å². The van der Waals surface area contributed by atoms with Gasteiger partial charge in [-0.1, -0.05) is 66.7 Å². The van der Waals surface area contributed by atoms with Gasteiger partial charge in [0.2, 0.25) is 0 Å². The summed E-state index contributed by atoms with van der Waals surface area (Å²) in [5.74, 6) is 1.62. The molecule has 0 spiro atoms. The van der Waals surface area contributed by atoms with Crippen LogP contribution in [0.3, 0.4) is 0 Å². The Kier molecular flexibility index (Phi) is 9.94. The number of aromatic carboxylic acids is 1. The summed E-state index contributed by atoms with van der Waals surface area (Å²) in [5.41, 5.74) is 5.45. The van der Waals surface area contributed by atoms with Crippen molar-refractivity contribution in [2.75, 3.05) is 37.7 Å². The Bertz CT molecular complexity index is 1740. The minimum Gasteiger partial charge on any atom is -0.478 e. The molecule has 7 rings (SSSR count). The van der Waals surface area contributed by atoms with Crippen molar-refractivity contribution in [1.29, 1.82) is 0 Å². The molecule has 0 amide bonds. The largest absolute Gasteiger partial charge is 0.478 e. The zero-order chi connectivity index (χ0) is 36.1. The highest BCUT2D eigenvalue weighted by atomic mass is 35.5. The number of Topliss-reactive ketones (excluding diaryl/α,β-unsaturated/α-hetero) is 1. The van der Waals surface area contributed by atoms with Crippen molar-refractivity contribution in [2.45, 2.75) is 105 Å². The molecular formula is C42H61ClN2O5S. The second-order valence-corrected chi connectivity index (χ2v) is 20.9. The van der Waals surface area contributed by atoms with E-state index in [9.17, 15) is 23.1 Å². The van der Waals surface area contributed by atoms with Crippen LogP contribution >= 0.6 is 12.4 Å². The van der Waals surface area contributed by atoms with E-state index in [0.717, 1.165) is 49.9 Å². The first-order chi connectivity index (χ1) is 23.4. The Morgan fingerprint density at radius 3 is 2.24 bits per heavy atom. The van der Waals surface area contributed by atoms with Gasteiger partial charge in [0.1, 0.15) is 0 Å². The van der Waals surface area contributed by atoms with Gasteiger partial charge in [-0.3, -0.25) is 4.79 Å². The lowest BCUT2D eigenvalue weighted by atomic mass is 9.33. The Hall–Kier alpha value is -2.00. The van der Waals surface area contributed by atoms with E-state index in [1.807, 2.05) is 12.1 Å². The Morgan fingerprint density at radius 2 is 1.61 bits per heavy atom. The van der Waals surface area contributed by atoms with Crippen LogP contribution < -0.4 is 5.32 Å². The summed E-state index contributed by atoms with van der Waals surface area (Å²) in [6.45, 7) is 19.9. The van der Waals surface area contributed by atoms with Gasteiger partial charge in [0, 0.05) is 38.1 Å². The molecule has 4 fully saturated rings. The lowest BCUT2D eigenvalue weighted by Crippen LogP contribution is -2.66. The molecule has 0 radical (unpaired) electrons. The fourth-order valence-electron chi connectivity index (χ4n) is 13.1. The average molecular weight is 741 g/mol. The number of carboxylic acid groups (broad SMARTS) is 1. The average Bonchev–Trinajstić information content (AvgIpc) is 3.34. The van der Waals surface area contributed by atoms with E-state index in [0.29, 0.717) is 48.6 Å². The van der Waals surface area contributed by atoms with Crippen molar-refractivity contribution in [2.24, 2.45) is 45.3 Å². The molecule has 9 heteroatoms. The van der Waals surface area contributed by atoms with Gasteiger partial charge >= 0.3 is 5.97 Å². The van der Waals surface area contributed by atoms with Crippen LogP contribution in [0, 0.1) is 45.3 Å². The highest BCUT2D eigenvalue weighted by Crippen LogP contribution is 2.76. The summed E-state index contributed by atoms with van der Waals surface area (Å²) in [4.78, 5) is 27.8. The third kappa shape index (κ3) is 5.92. The molecule has 282 valence electrons. The number of nitrogens with one attached hydrogen (secondary N) is 1. The first kappa shape index (κ1) is 38.7. The van der Waals surface area contributed by atoms with E-state index in [2.05, 4.69) is 64.8 Å². The lowest BCUT2D eigenvalue weighted by molar-refractivity contribution is -0.194. The molecule has 0 aromatic heterocycles. The van der Waals surface area contributed by atoms with Crippen LogP contribution in [-0.2, 0) is 14.6 Å². The summed E-state index contributed by atoms with van der Waals surface area (Å²) >= 11 is 0. The van der Waals surface area contributed by atoms with Crippen LogP contribution in [0.25, 0.3) is 5.57 Å². The molecule has 51 heavy (non-hydrogen) atoms. The molecule has 2 N–H and O–H groups in total. The van der Waals surface area contributed by atoms with E-state index in [-0.39, 0.29) is 57.0 Å². The second kappa shape index (κ2) is 13.1. The van der Waals surface area contributed by atoms with Crippen LogP contribution in [0.4, 0.5) is 0 Å². The number of halogens is 1. The zero-order valence-corrected chi connectivity index (χ0v) is 33.6. The molecule has 7 nitrogen and oxygen atoms in total. The Balaban J connectivity index is 0.00000448. The van der Waals surface area contributed by atoms with Gasteiger partial charge in [0.15, 0.2) is 15.6 Å². The fraction of sp³-hybridized carbons (Fsp3) is 0.714. The molecule has 5 aliphatic carbocycles. The first-order valence-electron chi connectivity index (χ1n) is 19.4. The van der Waals surface area contributed by atoms with Crippen LogP contribution in [-0.4, -0.2) is 73.4 Å². The number of sulfone groups is 1. The summed E-state index contributed by atoms with van der Waals surface area (Å²) in [6, 6.07) is 7.49. The van der Waals surface area contributed by atoms with Crippen molar-refractivity contribution >= 4 is 39.6 Å². The summed E-state index contributed by atoms with van der Waals surface area (Å²) < 4.78 is 24.0. The second-order valence-electron chi connectivity index (χ2n) is 18.6. The van der Waals surface area contributed by atoms with Crippen molar-refractivity contribution < 1.29 is 23.1 Å². The standard InChI is InChI=1S/C42H60N2O5S.ClH/c1-27(2)35-32(45)26-42(43-20-21-44-22-24-50(48,49)25-23-44)19-18-40(6)31(36(35)42)12-13-34-39(5)16-14-30(28-8-10-29(11-9-28)37(46)47)38(3,4)33(39)15-17-41(34,40)7;/h8-11,14,27,31,33-34,43H,12-13,15-26H2,1-7H3,(H,46,47);1H/t31?,33?,34?,39-,40+,41+,42+;/m0./s1. The number of hydrogen-bond acceptors (Lipinski definition) is 6. The van der Waals surface area contributed by atoms with Gasteiger partial charge in [0.05, 0.1) is 17.1 Å². The quantitative estimate of drug-likeness (QED) is 0.294. The summed E-state index contributed by atoms with van der Waals surface area (Å²) in [5, 5.41) is 13.5. The van der Waals surface area contributed by atoms with E-state index in [1.165, 1.54) is 30.4 Å². The molecule has 1 aliphatic heterocycles. The predicted octanol–water partition coefficient (Wildman–Crippen LogP) is 7.85. The number of benzene rings is 1. The minimum absolute atomic E-state index is 0. The maximum Gasteiger partial charge on any atom is 0.335 e. The monoisotopic (exact) mass is 740 g/mol. The van der Waals surface area contributed by atoms with Crippen LogP contribution in [0.15, 0.2) is 41.5 Å². The molecule has 0 bridgehead atoms. The van der Waals surface area contributed by atoms with Gasteiger partial charge in [-0.15, -0.1) is 12.4 Å². The van der Waals surface area contributed by atoms with E-state index >= 15 is 0 Å². The van der Waals surface area contributed by atoms with E-state index in [1.54, 1.807) is 12.1 Å². The molecule has 1 heterocycles. The van der Waals surface area contributed by atoms with Gasteiger partial charge in [0.25, 0.3) is 0 Å². The third-order valence-electron chi connectivity index (χ3n) is 15.8. The Morgan fingerprint density at radius 1 is 0.941 bits per heavy atom. The summed E-state index contributed by atoms with van der Waals surface area (Å²) in [6.07, 6.45) is 10.9. The first-order valence-corrected chi connectivity index (χ1v) is 21.2. The highest BCUT2D eigenvalue weighted by molar-refractivity contribution is 7.91. The number of hydrogen-bond donors (Lipinski definition) is 2. The van der Waals surface area contributed by atoms with Crippen molar-refractivity contribution in [1.82, 2.24) is 10.2 Å².